The molecule has 1 saturated carbocycles. The maximum absolute atomic E-state index is 14.4. The van der Waals surface area contributed by atoms with Crippen molar-refractivity contribution in [3.05, 3.63) is 94.8 Å². The number of carbonyl (C=O) groups is 2. The Morgan fingerprint density at radius 2 is 1.56 bits per heavy atom. The highest BCUT2D eigenvalue weighted by Crippen LogP contribution is 2.26. The molecule has 228 valence electrons. The largest absolute Gasteiger partial charge is 0.367 e. The Balaban J connectivity index is 1.33. The van der Waals surface area contributed by atoms with E-state index < -0.39 is 0 Å². The molecule has 2 amide bonds. The molecule has 5 rings (SSSR count). The highest BCUT2D eigenvalue weighted by molar-refractivity contribution is 6.05. The van der Waals surface area contributed by atoms with Crippen LogP contribution in [0.25, 0.3) is 0 Å². The number of anilines is 2. The van der Waals surface area contributed by atoms with Crippen molar-refractivity contribution in [2.24, 2.45) is 5.73 Å². The van der Waals surface area contributed by atoms with Gasteiger partial charge in [0.1, 0.15) is 5.82 Å². The summed E-state index contributed by atoms with van der Waals surface area (Å²) in [6.07, 6.45) is 3.92. The molecule has 0 bridgehead atoms. The van der Waals surface area contributed by atoms with Gasteiger partial charge in [0.2, 0.25) is 0 Å². The summed E-state index contributed by atoms with van der Waals surface area (Å²) < 4.78 is 14.4. The first kappa shape index (κ1) is 30.7. The summed E-state index contributed by atoms with van der Waals surface area (Å²) in [6.45, 7) is 9.91. The molecule has 2 atom stereocenters. The van der Waals surface area contributed by atoms with E-state index in [1.165, 1.54) is 6.07 Å². The van der Waals surface area contributed by atoms with Gasteiger partial charge in [-0.15, -0.1) is 0 Å². The predicted molar refractivity (Wildman–Crippen MR) is 171 cm³/mol. The zero-order valence-electron chi connectivity index (χ0n) is 25.5. The average molecular weight is 586 g/mol. The third-order valence-corrected chi connectivity index (χ3v) is 8.73. The van der Waals surface area contributed by atoms with Gasteiger partial charge in [-0.05, 0) is 65.8 Å². The predicted octanol–water partition coefficient (Wildman–Crippen LogP) is 5.70. The number of nitrogens with one attached hydrogen (secondary N) is 2. The van der Waals surface area contributed by atoms with Gasteiger partial charge in [-0.25, -0.2) is 4.39 Å². The standard InChI is InChI=1S/C35H44FN5O2/c1-35(2,3)27-16-14-24(15-17-27)33(42)39-31-22-25(34(43)38-30-10-6-5-9-29(30)37)12-13-26(31)23-40-18-20-41(21-19-40)32-11-7-4-8-28(32)36/h4,7-8,11-17,22,29-30H,5-6,9-10,18-21,23,37H2,1-3H3,(H,38,43)(H,39,42). The van der Waals surface area contributed by atoms with Crippen LogP contribution in [0.2, 0.25) is 0 Å². The third-order valence-electron chi connectivity index (χ3n) is 8.73. The van der Waals surface area contributed by atoms with Gasteiger partial charge in [0, 0.05) is 61.6 Å². The lowest BCUT2D eigenvalue weighted by Gasteiger charge is -2.36. The molecule has 7 nitrogen and oxygen atoms in total. The van der Waals surface area contributed by atoms with Crippen LogP contribution >= 0.6 is 0 Å². The lowest BCUT2D eigenvalue weighted by atomic mass is 9.86. The molecule has 1 aliphatic heterocycles. The molecule has 2 aliphatic rings. The summed E-state index contributed by atoms with van der Waals surface area (Å²) in [5.41, 5.74) is 10.6. The molecule has 1 saturated heterocycles. The van der Waals surface area contributed by atoms with E-state index in [1.807, 2.05) is 48.5 Å². The molecular formula is C35H44FN5O2. The summed E-state index contributed by atoms with van der Waals surface area (Å²) >= 11 is 0. The number of piperazine rings is 1. The van der Waals surface area contributed by atoms with Crippen molar-refractivity contribution in [3.8, 4) is 0 Å². The maximum Gasteiger partial charge on any atom is 0.255 e. The molecule has 0 spiro atoms. The molecule has 2 fully saturated rings. The number of benzene rings is 3. The van der Waals surface area contributed by atoms with Crippen molar-refractivity contribution in [3.63, 3.8) is 0 Å². The fraction of sp³-hybridized carbons (Fsp3) is 0.429. The molecule has 1 heterocycles. The molecule has 2 unspecified atom stereocenters. The molecule has 0 radical (unpaired) electrons. The lowest BCUT2D eigenvalue weighted by Crippen LogP contribution is -2.49. The van der Waals surface area contributed by atoms with Crippen LogP contribution in [0.4, 0.5) is 15.8 Å². The van der Waals surface area contributed by atoms with E-state index in [1.54, 1.807) is 12.1 Å². The van der Waals surface area contributed by atoms with Gasteiger partial charge in [-0.3, -0.25) is 14.5 Å². The van der Waals surface area contributed by atoms with Crippen molar-refractivity contribution in [2.75, 3.05) is 36.4 Å². The van der Waals surface area contributed by atoms with Gasteiger partial charge >= 0.3 is 0 Å². The highest BCUT2D eigenvalue weighted by atomic mass is 19.1. The van der Waals surface area contributed by atoms with Gasteiger partial charge < -0.3 is 21.3 Å². The Hall–Kier alpha value is -3.75. The van der Waals surface area contributed by atoms with Crippen molar-refractivity contribution < 1.29 is 14.0 Å². The maximum atomic E-state index is 14.4. The monoisotopic (exact) mass is 585 g/mol. The van der Waals surface area contributed by atoms with E-state index in [0.717, 1.165) is 49.9 Å². The van der Waals surface area contributed by atoms with Crippen molar-refractivity contribution in [1.29, 1.82) is 0 Å². The highest BCUT2D eigenvalue weighted by Gasteiger charge is 2.25. The number of para-hydroxylation sites is 1. The van der Waals surface area contributed by atoms with Gasteiger partial charge in [-0.2, -0.15) is 0 Å². The molecule has 4 N–H and O–H groups in total. The van der Waals surface area contributed by atoms with E-state index in [2.05, 4.69) is 41.2 Å². The number of amides is 2. The minimum Gasteiger partial charge on any atom is -0.367 e. The van der Waals surface area contributed by atoms with Gasteiger partial charge in [-0.1, -0.05) is 63.9 Å². The first-order chi connectivity index (χ1) is 20.6. The first-order valence-corrected chi connectivity index (χ1v) is 15.4. The normalized spacial score (nSPS) is 19.6. The fourth-order valence-corrected chi connectivity index (χ4v) is 5.97. The molecule has 43 heavy (non-hydrogen) atoms. The van der Waals surface area contributed by atoms with Crippen molar-refractivity contribution in [1.82, 2.24) is 10.2 Å². The number of hydrogen-bond acceptors (Lipinski definition) is 5. The number of nitrogens with zero attached hydrogens (tertiary/aromatic N) is 2. The van der Waals surface area contributed by atoms with Gasteiger partial charge in [0.25, 0.3) is 11.8 Å². The lowest BCUT2D eigenvalue weighted by molar-refractivity contribution is 0.0920. The average Bonchev–Trinajstić information content (AvgIpc) is 2.99. The number of rotatable bonds is 7. The number of halogens is 1. The van der Waals surface area contributed by atoms with Crippen LogP contribution in [0.3, 0.4) is 0 Å². The molecule has 3 aromatic rings. The second-order valence-corrected chi connectivity index (χ2v) is 12.9. The number of carbonyl (C=O) groups excluding carboxylic acids is 2. The van der Waals surface area contributed by atoms with E-state index >= 15 is 0 Å². The fourth-order valence-electron chi connectivity index (χ4n) is 5.97. The first-order valence-electron chi connectivity index (χ1n) is 15.4. The summed E-state index contributed by atoms with van der Waals surface area (Å²) in [4.78, 5) is 31.0. The van der Waals surface area contributed by atoms with Crippen LogP contribution in [0.5, 0.6) is 0 Å². The van der Waals surface area contributed by atoms with Crippen LogP contribution < -0.4 is 21.3 Å². The topological polar surface area (TPSA) is 90.7 Å². The minimum atomic E-state index is -0.224. The van der Waals surface area contributed by atoms with Crippen LogP contribution in [0.1, 0.15) is 78.3 Å². The van der Waals surface area contributed by atoms with Crippen LogP contribution in [0, 0.1) is 5.82 Å². The second-order valence-electron chi connectivity index (χ2n) is 12.9. The molecular weight excluding hydrogens is 541 g/mol. The zero-order valence-corrected chi connectivity index (χ0v) is 25.5. The Morgan fingerprint density at radius 3 is 2.23 bits per heavy atom. The van der Waals surface area contributed by atoms with Gasteiger partial charge in [0.05, 0.1) is 5.69 Å². The van der Waals surface area contributed by atoms with Crippen LogP contribution in [-0.4, -0.2) is 55.0 Å². The molecule has 0 aromatic heterocycles. The summed E-state index contributed by atoms with van der Waals surface area (Å²) in [5, 5.41) is 6.21. The molecule has 3 aromatic carbocycles. The Morgan fingerprint density at radius 1 is 0.884 bits per heavy atom. The van der Waals surface area contributed by atoms with E-state index in [9.17, 15) is 14.0 Å². The second kappa shape index (κ2) is 13.3. The van der Waals surface area contributed by atoms with E-state index in [0.29, 0.717) is 42.1 Å². The summed E-state index contributed by atoms with van der Waals surface area (Å²) in [5.74, 6) is -0.616. The minimum absolute atomic E-state index is 0.0129. The quantitative estimate of drug-likeness (QED) is 0.331. The smallest absolute Gasteiger partial charge is 0.255 e. The van der Waals surface area contributed by atoms with Crippen molar-refractivity contribution in [2.45, 2.75) is 70.5 Å². The molecule has 8 heteroatoms. The zero-order chi connectivity index (χ0) is 30.6. The van der Waals surface area contributed by atoms with Crippen LogP contribution in [0.15, 0.2) is 66.7 Å². The third kappa shape index (κ3) is 7.61. The SMILES string of the molecule is CC(C)(C)c1ccc(C(=O)Nc2cc(C(=O)NC3CCCCC3N)ccc2CN2CCN(c3ccccc3F)CC2)cc1. The number of nitrogens with two attached hydrogens (primary N) is 1. The summed E-state index contributed by atoms with van der Waals surface area (Å²) in [6, 6.07) is 20.0. The summed E-state index contributed by atoms with van der Waals surface area (Å²) in [7, 11) is 0. The van der Waals surface area contributed by atoms with Crippen LogP contribution in [-0.2, 0) is 12.0 Å². The Bertz CT molecular complexity index is 1430. The van der Waals surface area contributed by atoms with Crippen molar-refractivity contribution >= 4 is 23.2 Å². The Labute approximate surface area is 254 Å². The molecule has 1 aliphatic carbocycles. The van der Waals surface area contributed by atoms with E-state index in [-0.39, 0.29) is 35.1 Å². The van der Waals surface area contributed by atoms with E-state index in [4.69, 9.17) is 5.73 Å². The Kier molecular flexibility index (Phi) is 9.47. The number of hydrogen-bond donors (Lipinski definition) is 3. The van der Waals surface area contributed by atoms with Gasteiger partial charge in [0.15, 0.2) is 0 Å².